The van der Waals surface area contributed by atoms with Crippen molar-refractivity contribution in [2.24, 2.45) is 0 Å². The van der Waals surface area contributed by atoms with Crippen LogP contribution in [0.15, 0.2) is 42.9 Å². The Balaban J connectivity index is 1.51. The number of rotatable bonds is 5. The van der Waals surface area contributed by atoms with Crippen molar-refractivity contribution in [2.45, 2.75) is 45.4 Å². The Morgan fingerprint density at radius 1 is 1.19 bits per heavy atom. The van der Waals surface area contributed by atoms with Crippen LogP contribution in [0.5, 0.6) is 5.75 Å². The molecule has 9 heteroatoms. The number of ether oxygens (including phenoxy) is 1. The topological polar surface area (TPSA) is 74.1 Å². The second-order valence-corrected chi connectivity index (χ2v) is 8.62. The molecule has 1 N–H and O–H groups in total. The van der Waals surface area contributed by atoms with Gasteiger partial charge in [0.15, 0.2) is 5.69 Å². The molecular formula is C22H25BFN3O4. The molecule has 3 aromatic rings. The number of pyridine rings is 1. The lowest BCUT2D eigenvalue weighted by Gasteiger charge is -2.32. The second kappa shape index (κ2) is 7.65. The monoisotopic (exact) mass is 425 g/mol. The van der Waals surface area contributed by atoms with Gasteiger partial charge >= 0.3 is 7.12 Å². The third-order valence-electron chi connectivity index (χ3n) is 5.91. The fourth-order valence-corrected chi connectivity index (χ4v) is 3.42. The number of nitrogens with zero attached hydrogens (tertiary/aromatic N) is 2. The van der Waals surface area contributed by atoms with Crippen LogP contribution in [0.1, 0.15) is 43.7 Å². The second-order valence-electron chi connectivity index (χ2n) is 8.62. The Hall–Kier alpha value is -2.91. The van der Waals surface area contributed by atoms with Gasteiger partial charge in [-0.2, -0.15) is 0 Å². The van der Waals surface area contributed by atoms with Crippen LogP contribution in [-0.2, 0) is 15.9 Å². The van der Waals surface area contributed by atoms with Gasteiger partial charge in [0.1, 0.15) is 17.9 Å². The van der Waals surface area contributed by atoms with Gasteiger partial charge in [0, 0.05) is 18.8 Å². The maximum Gasteiger partial charge on any atom is 0.496 e. The molecule has 0 unspecified atom stereocenters. The van der Waals surface area contributed by atoms with E-state index in [1.165, 1.54) is 19.2 Å². The van der Waals surface area contributed by atoms with Gasteiger partial charge in [-0.3, -0.25) is 4.79 Å². The number of hydrogen-bond acceptors (Lipinski definition) is 5. The van der Waals surface area contributed by atoms with Gasteiger partial charge in [-0.05, 0) is 56.9 Å². The van der Waals surface area contributed by atoms with Crippen molar-refractivity contribution in [1.82, 2.24) is 14.7 Å². The molecular weight excluding hydrogens is 400 g/mol. The lowest BCUT2D eigenvalue weighted by atomic mass is 9.80. The summed E-state index contributed by atoms with van der Waals surface area (Å²) in [5.74, 6) is -0.382. The van der Waals surface area contributed by atoms with Crippen LogP contribution in [0.2, 0.25) is 0 Å². The number of carbonyl (C=O) groups excluding carboxylic acids is 1. The third-order valence-corrected chi connectivity index (χ3v) is 5.91. The summed E-state index contributed by atoms with van der Waals surface area (Å²) in [6, 6.07) is 7.99. The third kappa shape index (κ3) is 4.03. The van der Waals surface area contributed by atoms with Crippen molar-refractivity contribution in [3.8, 4) is 5.75 Å². The molecule has 2 aromatic heterocycles. The van der Waals surface area contributed by atoms with Crippen molar-refractivity contribution in [1.29, 1.82) is 0 Å². The van der Waals surface area contributed by atoms with Crippen molar-refractivity contribution in [3.63, 3.8) is 0 Å². The first-order valence-corrected chi connectivity index (χ1v) is 10.0. The summed E-state index contributed by atoms with van der Waals surface area (Å²) in [4.78, 5) is 16.9. The van der Waals surface area contributed by atoms with Crippen LogP contribution in [0, 0.1) is 5.82 Å². The van der Waals surface area contributed by atoms with Gasteiger partial charge in [0.05, 0.1) is 23.8 Å². The van der Waals surface area contributed by atoms with Gasteiger partial charge in [-0.1, -0.05) is 6.07 Å². The first-order valence-electron chi connectivity index (χ1n) is 10.0. The summed E-state index contributed by atoms with van der Waals surface area (Å²) in [5, 5.41) is 2.78. The fraction of sp³-hybridized carbons (Fsp3) is 0.364. The summed E-state index contributed by atoms with van der Waals surface area (Å²) in [5.41, 5.74) is 1.48. The zero-order valence-corrected chi connectivity index (χ0v) is 18.2. The number of benzene rings is 1. The molecule has 1 fully saturated rings. The summed E-state index contributed by atoms with van der Waals surface area (Å²) < 4.78 is 32.7. The molecule has 0 spiro atoms. The van der Waals surface area contributed by atoms with Gasteiger partial charge in [-0.15, -0.1) is 0 Å². The van der Waals surface area contributed by atoms with Gasteiger partial charge in [0.2, 0.25) is 0 Å². The van der Waals surface area contributed by atoms with E-state index in [0.29, 0.717) is 16.8 Å². The van der Waals surface area contributed by atoms with Gasteiger partial charge < -0.3 is 23.8 Å². The maximum absolute atomic E-state index is 13.7. The Kier molecular flexibility index (Phi) is 5.27. The lowest BCUT2D eigenvalue weighted by molar-refractivity contribution is 0.00578. The molecule has 0 radical (unpaired) electrons. The first-order chi connectivity index (χ1) is 14.6. The number of aromatic nitrogens is 2. The van der Waals surface area contributed by atoms with Gasteiger partial charge in [-0.25, -0.2) is 9.37 Å². The predicted molar refractivity (Wildman–Crippen MR) is 115 cm³/mol. The SMILES string of the molecule is COc1cc(F)cc(CNC(=O)c2ncn3cc(B4OC(C)(C)C(C)(C)O4)ccc23)c1. The highest BCUT2D eigenvalue weighted by Crippen LogP contribution is 2.36. The number of methoxy groups -OCH3 is 1. The Labute approximate surface area is 180 Å². The quantitative estimate of drug-likeness (QED) is 0.637. The van der Waals surface area contributed by atoms with Gasteiger partial charge in [0.25, 0.3) is 5.91 Å². The average Bonchev–Trinajstić information content (AvgIpc) is 3.22. The molecule has 31 heavy (non-hydrogen) atoms. The molecule has 3 heterocycles. The molecule has 1 amide bonds. The highest BCUT2D eigenvalue weighted by Gasteiger charge is 2.51. The van der Waals surface area contributed by atoms with Crippen LogP contribution >= 0.6 is 0 Å². The molecule has 1 aromatic carbocycles. The molecule has 0 saturated carbocycles. The van der Waals surface area contributed by atoms with Crippen LogP contribution in [0.25, 0.3) is 5.52 Å². The molecule has 0 atom stereocenters. The number of imidazole rings is 1. The molecule has 4 rings (SSSR count). The number of amides is 1. The Morgan fingerprint density at radius 3 is 2.58 bits per heavy atom. The van der Waals surface area contributed by atoms with E-state index in [0.717, 1.165) is 5.46 Å². The minimum absolute atomic E-state index is 0.151. The van der Waals surface area contributed by atoms with Crippen LogP contribution in [0.3, 0.4) is 0 Å². The smallest absolute Gasteiger partial charge is 0.496 e. The molecule has 1 saturated heterocycles. The number of hydrogen-bond donors (Lipinski definition) is 1. The predicted octanol–water partition coefficient (Wildman–Crippen LogP) is 2.71. The molecule has 7 nitrogen and oxygen atoms in total. The molecule has 0 aliphatic carbocycles. The minimum atomic E-state index is -0.503. The molecule has 1 aliphatic rings. The number of halogens is 1. The first kappa shape index (κ1) is 21.3. The molecule has 0 bridgehead atoms. The largest absolute Gasteiger partial charge is 0.497 e. The van der Waals surface area contributed by atoms with E-state index in [2.05, 4.69) is 10.3 Å². The summed E-state index contributed by atoms with van der Waals surface area (Å²) in [6.45, 7) is 8.15. The number of carbonyl (C=O) groups is 1. The summed E-state index contributed by atoms with van der Waals surface area (Å²) in [6.07, 6.45) is 3.42. The Bertz CT molecular complexity index is 1130. The zero-order chi connectivity index (χ0) is 22.4. The number of nitrogens with one attached hydrogen (secondary N) is 1. The van der Waals surface area contributed by atoms with Crippen LogP contribution < -0.4 is 15.5 Å². The normalized spacial score (nSPS) is 17.2. The van der Waals surface area contributed by atoms with E-state index >= 15 is 0 Å². The van der Waals surface area contributed by atoms with Crippen molar-refractivity contribution in [3.05, 3.63) is 59.9 Å². The van der Waals surface area contributed by atoms with Crippen LogP contribution in [-0.4, -0.2) is 40.7 Å². The highest BCUT2D eigenvalue weighted by atomic mass is 19.1. The number of fused-ring (bicyclic) bond motifs is 1. The lowest BCUT2D eigenvalue weighted by Crippen LogP contribution is -2.41. The highest BCUT2D eigenvalue weighted by molar-refractivity contribution is 6.62. The van der Waals surface area contributed by atoms with E-state index in [1.54, 1.807) is 16.8 Å². The standard InChI is InChI=1S/C22H25BFN3O4/c1-21(2)22(3,4)31-23(30-21)15-6-7-18-19(26-13-27(18)12-15)20(28)25-11-14-8-16(24)10-17(9-14)29-5/h6-10,12-13H,11H2,1-5H3,(H,25,28). The average molecular weight is 425 g/mol. The van der Waals surface area contributed by atoms with E-state index in [9.17, 15) is 9.18 Å². The van der Waals surface area contributed by atoms with Crippen molar-refractivity contribution < 1.29 is 23.2 Å². The van der Waals surface area contributed by atoms with Crippen molar-refractivity contribution in [2.75, 3.05) is 7.11 Å². The van der Waals surface area contributed by atoms with Crippen LogP contribution in [0.4, 0.5) is 4.39 Å². The van der Waals surface area contributed by atoms with E-state index in [-0.39, 0.29) is 18.1 Å². The zero-order valence-electron chi connectivity index (χ0n) is 18.2. The van der Waals surface area contributed by atoms with E-state index in [4.69, 9.17) is 14.0 Å². The van der Waals surface area contributed by atoms with Crippen molar-refractivity contribution >= 4 is 24.0 Å². The van der Waals surface area contributed by atoms with E-state index in [1.807, 2.05) is 46.0 Å². The summed E-state index contributed by atoms with van der Waals surface area (Å²) in [7, 11) is 0.962. The fourth-order valence-electron chi connectivity index (χ4n) is 3.42. The van der Waals surface area contributed by atoms with E-state index < -0.39 is 24.1 Å². The molecule has 162 valence electrons. The maximum atomic E-state index is 13.7. The minimum Gasteiger partial charge on any atom is -0.497 e. The molecule has 1 aliphatic heterocycles. The Morgan fingerprint density at radius 2 is 1.90 bits per heavy atom. The summed E-state index contributed by atoms with van der Waals surface area (Å²) >= 11 is 0.